The highest BCUT2D eigenvalue weighted by molar-refractivity contribution is 6.44. The Labute approximate surface area is 175 Å². The molecule has 0 atom stereocenters. The molecule has 0 bridgehead atoms. The van der Waals surface area contributed by atoms with E-state index in [4.69, 9.17) is 32.4 Å². The number of anilines is 1. The molecule has 0 saturated heterocycles. The van der Waals surface area contributed by atoms with Crippen LogP contribution < -0.4 is 10.1 Å². The number of esters is 1. The molecular formula is C21H12Cl2N2O4. The minimum atomic E-state index is -0.634. The van der Waals surface area contributed by atoms with Crippen LogP contribution in [0.1, 0.15) is 16.1 Å². The average molecular weight is 427 g/mol. The standard InChI is InChI=1S/C21H12Cl2N2O4/c22-16-3-1-4-17(19(16)23)25-20(26)14(12-24)11-13-6-8-15(9-7-13)29-21(27)18-5-2-10-28-18/h1-11H,(H,25,26)/b14-11+. The number of hydrogen-bond donors (Lipinski definition) is 1. The Hall–Kier alpha value is -3.53. The number of carbonyl (C=O) groups is 2. The van der Waals surface area contributed by atoms with Crippen molar-refractivity contribution in [1.29, 1.82) is 5.26 Å². The predicted octanol–water partition coefficient (Wildman–Crippen LogP) is 5.35. The number of amides is 1. The Balaban J connectivity index is 1.71. The van der Waals surface area contributed by atoms with Gasteiger partial charge in [-0.1, -0.05) is 41.4 Å². The van der Waals surface area contributed by atoms with Gasteiger partial charge in [-0.15, -0.1) is 0 Å². The maximum absolute atomic E-state index is 12.4. The van der Waals surface area contributed by atoms with E-state index in [9.17, 15) is 14.9 Å². The summed E-state index contributed by atoms with van der Waals surface area (Å²) in [7, 11) is 0. The maximum atomic E-state index is 12.4. The van der Waals surface area contributed by atoms with Crippen molar-refractivity contribution < 1.29 is 18.7 Å². The Bertz CT molecular complexity index is 1110. The lowest BCUT2D eigenvalue weighted by atomic mass is 10.1. The number of nitriles is 1. The van der Waals surface area contributed by atoms with Crippen molar-refractivity contribution in [2.75, 3.05) is 5.32 Å². The monoisotopic (exact) mass is 426 g/mol. The first-order chi connectivity index (χ1) is 14.0. The molecule has 2 aromatic carbocycles. The number of halogens is 2. The van der Waals surface area contributed by atoms with Gasteiger partial charge in [-0.25, -0.2) is 4.79 Å². The number of hydrogen-bond acceptors (Lipinski definition) is 5. The third-order valence-electron chi connectivity index (χ3n) is 3.69. The second-order valence-electron chi connectivity index (χ2n) is 5.66. The second kappa shape index (κ2) is 9.11. The summed E-state index contributed by atoms with van der Waals surface area (Å²) in [5.74, 6) is -0.895. The van der Waals surface area contributed by atoms with Crippen molar-refractivity contribution in [2.45, 2.75) is 0 Å². The number of nitrogens with zero attached hydrogens (tertiary/aromatic N) is 1. The van der Waals surface area contributed by atoms with Crippen LogP contribution in [0.4, 0.5) is 5.69 Å². The van der Waals surface area contributed by atoms with Gasteiger partial charge in [0.25, 0.3) is 5.91 Å². The first kappa shape index (κ1) is 20.2. The lowest BCUT2D eigenvalue weighted by Crippen LogP contribution is -2.13. The van der Waals surface area contributed by atoms with Gasteiger partial charge in [-0.2, -0.15) is 5.26 Å². The van der Waals surface area contributed by atoms with Crippen LogP contribution in [0.5, 0.6) is 5.75 Å². The number of ether oxygens (including phenoxy) is 1. The van der Waals surface area contributed by atoms with Gasteiger partial charge in [-0.05, 0) is 48.0 Å². The predicted molar refractivity (Wildman–Crippen MR) is 109 cm³/mol. The summed E-state index contributed by atoms with van der Waals surface area (Å²) in [6.45, 7) is 0. The van der Waals surface area contributed by atoms with Gasteiger partial charge in [0, 0.05) is 0 Å². The lowest BCUT2D eigenvalue weighted by Gasteiger charge is -2.07. The molecule has 8 heteroatoms. The molecule has 0 aliphatic carbocycles. The van der Waals surface area contributed by atoms with E-state index in [0.717, 1.165) is 0 Å². The van der Waals surface area contributed by atoms with E-state index in [1.54, 1.807) is 36.4 Å². The summed E-state index contributed by atoms with van der Waals surface area (Å²) in [6, 6.07) is 16.0. The van der Waals surface area contributed by atoms with Crippen LogP contribution in [0.15, 0.2) is 70.9 Å². The highest BCUT2D eigenvalue weighted by Gasteiger charge is 2.14. The summed E-state index contributed by atoms with van der Waals surface area (Å²) < 4.78 is 10.1. The van der Waals surface area contributed by atoms with E-state index in [2.05, 4.69) is 5.32 Å². The third kappa shape index (κ3) is 5.05. The van der Waals surface area contributed by atoms with Crippen LogP contribution in [0.3, 0.4) is 0 Å². The Morgan fingerprint density at radius 3 is 2.48 bits per heavy atom. The van der Waals surface area contributed by atoms with Gasteiger partial charge >= 0.3 is 5.97 Å². The van der Waals surface area contributed by atoms with Crippen molar-refractivity contribution in [3.8, 4) is 11.8 Å². The van der Waals surface area contributed by atoms with E-state index in [1.807, 2.05) is 6.07 Å². The van der Waals surface area contributed by atoms with E-state index in [-0.39, 0.29) is 27.1 Å². The molecule has 0 radical (unpaired) electrons. The van der Waals surface area contributed by atoms with Crippen LogP contribution in [-0.2, 0) is 4.79 Å². The Morgan fingerprint density at radius 2 is 1.83 bits per heavy atom. The molecule has 144 valence electrons. The quantitative estimate of drug-likeness (QED) is 0.256. The average Bonchev–Trinajstić information content (AvgIpc) is 3.26. The molecule has 6 nitrogen and oxygen atoms in total. The molecule has 29 heavy (non-hydrogen) atoms. The molecule has 0 saturated carbocycles. The van der Waals surface area contributed by atoms with Crippen LogP contribution in [-0.4, -0.2) is 11.9 Å². The van der Waals surface area contributed by atoms with Crippen molar-refractivity contribution >= 4 is 46.8 Å². The molecule has 1 amide bonds. The van der Waals surface area contributed by atoms with E-state index < -0.39 is 11.9 Å². The van der Waals surface area contributed by atoms with Gasteiger partial charge in [0.15, 0.2) is 0 Å². The SMILES string of the molecule is N#C/C(=C\c1ccc(OC(=O)c2ccco2)cc1)C(=O)Nc1cccc(Cl)c1Cl. The molecule has 1 N–H and O–H groups in total. The summed E-state index contributed by atoms with van der Waals surface area (Å²) in [4.78, 5) is 24.2. The van der Waals surface area contributed by atoms with Crippen molar-refractivity contribution in [3.05, 3.63) is 87.8 Å². The van der Waals surface area contributed by atoms with Crippen LogP contribution in [0.25, 0.3) is 6.08 Å². The largest absolute Gasteiger partial charge is 0.457 e. The molecule has 0 fully saturated rings. The summed E-state index contributed by atoms with van der Waals surface area (Å²) in [5.41, 5.74) is 0.721. The third-order valence-corrected chi connectivity index (χ3v) is 4.51. The van der Waals surface area contributed by atoms with Gasteiger partial charge < -0.3 is 14.5 Å². The smallest absolute Gasteiger partial charge is 0.379 e. The first-order valence-electron chi connectivity index (χ1n) is 8.21. The van der Waals surface area contributed by atoms with Gasteiger partial charge in [0.05, 0.1) is 22.0 Å². The number of benzene rings is 2. The topological polar surface area (TPSA) is 92.3 Å². The number of nitrogens with one attached hydrogen (secondary N) is 1. The van der Waals surface area contributed by atoms with Gasteiger partial charge in [-0.3, -0.25) is 4.79 Å². The molecule has 0 aliphatic heterocycles. The number of furan rings is 1. The van der Waals surface area contributed by atoms with Gasteiger partial charge in [0.1, 0.15) is 17.4 Å². The fourth-order valence-corrected chi connectivity index (χ4v) is 2.64. The van der Waals surface area contributed by atoms with Crippen molar-refractivity contribution in [2.24, 2.45) is 0 Å². The second-order valence-corrected chi connectivity index (χ2v) is 6.45. The van der Waals surface area contributed by atoms with Crippen molar-refractivity contribution in [1.82, 2.24) is 0 Å². The van der Waals surface area contributed by atoms with E-state index in [0.29, 0.717) is 11.3 Å². The molecule has 1 heterocycles. The zero-order chi connectivity index (χ0) is 20.8. The number of rotatable bonds is 5. The van der Waals surface area contributed by atoms with Crippen LogP contribution in [0.2, 0.25) is 10.0 Å². The minimum Gasteiger partial charge on any atom is -0.457 e. The normalized spacial score (nSPS) is 10.9. The van der Waals surface area contributed by atoms with Gasteiger partial charge in [0.2, 0.25) is 5.76 Å². The molecule has 3 aromatic rings. The molecule has 3 rings (SSSR count). The molecular weight excluding hydrogens is 415 g/mol. The Morgan fingerprint density at radius 1 is 1.07 bits per heavy atom. The molecule has 1 aromatic heterocycles. The van der Waals surface area contributed by atoms with E-state index in [1.165, 1.54) is 30.5 Å². The summed E-state index contributed by atoms with van der Waals surface area (Å²) in [6.07, 6.45) is 2.77. The first-order valence-corrected chi connectivity index (χ1v) is 8.96. The summed E-state index contributed by atoms with van der Waals surface area (Å²) in [5, 5.41) is 12.3. The maximum Gasteiger partial charge on any atom is 0.379 e. The zero-order valence-electron chi connectivity index (χ0n) is 14.7. The fraction of sp³-hybridized carbons (Fsp3) is 0. The molecule has 0 aliphatic rings. The number of carbonyl (C=O) groups excluding carboxylic acids is 2. The fourth-order valence-electron chi connectivity index (χ4n) is 2.29. The molecule has 0 unspecified atom stereocenters. The highest BCUT2D eigenvalue weighted by Crippen LogP contribution is 2.29. The van der Waals surface area contributed by atoms with Crippen LogP contribution >= 0.6 is 23.2 Å². The zero-order valence-corrected chi connectivity index (χ0v) is 16.2. The summed E-state index contributed by atoms with van der Waals surface area (Å²) >= 11 is 12.0. The lowest BCUT2D eigenvalue weighted by molar-refractivity contribution is -0.112. The molecule has 0 spiro atoms. The Kier molecular flexibility index (Phi) is 6.35. The highest BCUT2D eigenvalue weighted by atomic mass is 35.5. The minimum absolute atomic E-state index is 0.0806. The van der Waals surface area contributed by atoms with Crippen LogP contribution in [0, 0.1) is 11.3 Å². The van der Waals surface area contributed by atoms with Crippen molar-refractivity contribution in [3.63, 3.8) is 0 Å². The van der Waals surface area contributed by atoms with E-state index >= 15 is 0 Å².